The summed E-state index contributed by atoms with van der Waals surface area (Å²) < 4.78 is 0. The van der Waals surface area contributed by atoms with Crippen LogP contribution < -0.4 is 5.32 Å². The van der Waals surface area contributed by atoms with Gasteiger partial charge in [0.25, 0.3) is 0 Å². The highest BCUT2D eigenvalue weighted by Gasteiger charge is 2.18. The minimum atomic E-state index is 0.407. The largest absolute Gasteiger partial charge is 0.359 e. The van der Waals surface area contributed by atoms with E-state index in [4.69, 9.17) is 16.6 Å². The molecule has 1 aromatic carbocycles. The lowest BCUT2D eigenvalue weighted by molar-refractivity contribution is 0.762. The number of hydrogen-bond donors (Lipinski definition) is 2. The fraction of sp³-hybridized carbons (Fsp3) is 0.227. The quantitative estimate of drug-likeness (QED) is 0.379. The number of benzene rings is 1. The number of aromatic amines is 1. The lowest BCUT2D eigenvalue weighted by Gasteiger charge is -2.09. The van der Waals surface area contributed by atoms with E-state index in [9.17, 15) is 0 Å². The van der Waals surface area contributed by atoms with Crippen molar-refractivity contribution in [2.75, 3.05) is 5.32 Å². The number of nitrogens with one attached hydrogen (secondary N) is 2. The Bertz CT molecular complexity index is 1070. The molecule has 4 rings (SSSR count). The predicted octanol–water partition coefficient (Wildman–Crippen LogP) is 6.05. The van der Waals surface area contributed by atoms with Gasteiger partial charge in [0.15, 0.2) is 5.13 Å². The Morgan fingerprint density at radius 2 is 1.86 bits per heavy atom. The van der Waals surface area contributed by atoms with Crippen molar-refractivity contribution in [2.45, 2.75) is 32.7 Å². The number of halogens is 1. The molecule has 0 bridgehead atoms. The van der Waals surface area contributed by atoms with Crippen LogP contribution in [0.3, 0.4) is 0 Å². The third-order valence-corrected chi connectivity index (χ3v) is 5.89. The van der Waals surface area contributed by atoms with Crippen LogP contribution in [0.5, 0.6) is 0 Å². The molecular formula is C22H22ClN5S. The monoisotopic (exact) mass is 423 g/mol. The van der Waals surface area contributed by atoms with Crippen LogP contribution in [-0.2, 0) is 6.42 Å². The summed E-state index contributed by atoms with van der Waals surface area (Å²) in [6.07, 6.45) is 5.34. The molecule has 7 heteroatoms. The zero-order chi connectivity index (χ0) is 20.2. The molecule has 29 heavy (non-hydrogen) atoms. The number of pyridine rings is 1. The predicted molar refractivity (Wildman–Crippen MR) is 121 cm³/mol. The Labute approximate surface area is 179 Å². The van der Waals surface area contributed by atoms with E-state index in [1.807, 2.05) is 36.4 Å². The van der Waals surface area contributed by atoms with Gasteiger partial charge in [-0.1, -0.05) is 30.7 Å². The molecule has 4 aromatic rings. The molecule has 0 aliphatic carbocycles. The second-order valence-electron chi connectivity index (χ2n) is 6.94. The zero-order valence-corrected chi connectivity index (χ0v) is 17.9. The van der Waals surface area contributed by atoms with Crippen molar-refractivity contribution in [3.05, 3.63) is 70.6 Å². The second-order valence-corrected chi connectivity index (χ2v) is 8.24. The van der Waals surface area contributed by atoms with Crippen LogP contribution in [0.4, 0.5) is 5.13 Å². The maximum Gasteiger partial charge on any atom is 0.183 e. The SMILES string of the molecule is CCC(C)Nc1nc(Cc2[nH]nc(-c3ccc(Cl)cc3)c2-c2ccncc2)cs1. The fourth-order valence-corrected chi connectivity index (χ4v) is 4.05. The lowest BCUT2D eigenvalue weighted by Crippen LogP contribution is -2.13. The van der Waals surface area contributed by atoms with Crippen LogP contribution in [0, 0.1) is 0 Å². The number of aromatic nitrogens is 4. The van der Waals surface area contributed by atoms with E-state index in [1.165, 1.54) is 0 Å². The third kappa shape index (κ3) is 4.49. The number of hydrogen-bond acceptors (Lipinski definition) is 5. The van der Waals surface area contributed by atoms with E-state index in [1.54, 1.807) is 23.7 Å². The molecule has 2 N–H and O–H groups in total. The molecular weight excluding hydrogens is 402 g/mol. The zero-order valence-electron chi connectivity index (χ0n) is 16.3. The average molecular weight is 424 g/mol. The summed E-state index contributed by atoms with van der Waals surface area (Å²) in [6, 6.07) is 12.2. The molecule has 1 atom stereocenters. The number of anilines is 1. The molecule has 0 spiro atoms. The van der Waals surface area contributed by atoms with Crippen LogP contribution in [0.15, 0.2) is 54.2 Å². The van der Waals surface area contributed by atoms with E-state index in [2.05, 4.69) is 39.7 Å². The summed E-state index contributed by atoms with van der Waals surface area (Å²) in [7, 11) is 0. The van der Waals surface area contributed by atoms with E-state index in [0.717, 1.165) is 45.3 Å². The highest BCUT2D eigenvalue weighted by molar-refractivity contribution is 7.13. The molecule has 1 unspecified atom stereocenters. The Balaban J connectivity index is 1.69. The van der Waals surface area contributed by atoms with Gasteiger partial charge in [0.1, 0.15) is 5.69 Å². The molecule has 3 aromatic heterocycles. The minimum absolute atomic E-state index is 0.407. The molecule has 0 saturated carbocycles. The van der Waals surface area contributed by atoms with Crippen molar-refractivity contribution >= 4 is 28.1 Å². The third-order valence-electron chi connectivity index (χ3n) is 4.82. The Morgan fingerprint density at radius 1 is 1.10 bits per heavy atom. The van der Waals surface area contributed by atoms with Gasteiger partial charge in [-0.2, -0.15) is 5.10 Å². The Hall–Kier alpha value is -2.70. The topological polar surface area (TPSA) is 66.5 Å². The van der Waals surface area contributed by atoms with Gasteiger partial charge in [-0.25, -0.2) is 4.98 Å². The van der Waals surface area contributed by atoms with Crippen molar-refractivity contribution in [1.82, 2.24) is 20.2 Å². The van der Waals surface area contributed by atoms with Gasteiger partial charge < -0.3 is 5.32 Å². The van der Waals surface area contributed by atoms with Gasteiger partial charge in [0.05, 0.1) is 5.69 Å². The summed E-state index contributed by atoms with van der Waals surface area (Å²) in [5.74, 6) is 0. The summed E-state index contributed by atoms with van der Waals surface area (Å²) in [4.78, 5) is 8.91. The smallest absolute Gasteiger partial charge is 0.183 e. The average Bonchev–Trinajstić information content (AvgIpc) is 3.36. The molecule has 5 nitrogen and oxygen atoms in total. The highest BCUT2D eigenvalue weighted by atomic mass is 35.5. The standard InChI is InChI=1S/C22H22ClN5S/c1-3-14(2)25-22-26-18(13-29-22)12-19-20(15-8-10-24-11-9-15)21(28-27-19)16-4-6-17(23)7-5-16/h4-11,13-14H,3,12H2,1-2H3,(H,25,26)(H,27,28). The van der Waals surface area contributed by atoms with Crippen molar-refractivity contribution in [3.8, 4) is 22.4 Å². The molecule has 0 radical (unpaired) electrons. The van der Waals surface area contributed by atoms with E-state index >= 15 is 0 Å². The molecule has 0 saturated heterocycles. The Morgan fingerprint density at radius 3 is 2.59 bits per heavy atom. The minimum Gasteiger partial charge on any atom is -0.359 e. The summed E-state index contributed by atoms with van der Waals surface area (Å²) in [5.41, 5.74) is 6.10. The van der Waals surface area contributed by atoms with Gasteiger partial charge in [0.2, 0.25) is 0 Å². The van der Waals surface area contributed by atoms with Crippen LogP contribution in [0.1, 0.15) is 31.7 Å². The number of H-pyrrole nitrogens is 1. The number of nitrogens with zero attached hydrogens (tertiary/aromatic N) is 3. The van der Waals surface area contributed by atoms with Crippen LogP contribution in [0.2, 0.25) is 5.02 Å². The maximum atomic E-state index is 6.07. The normalized spacial score (nSPS) is 12.1. The van der Waals surface area contributed by atoms with Gasteiger partial charge in [0, 0.05) is 52.1 Å². The van der Waals surface area contributed by atoms with Gasteiger partial charge in [-0.3, -0.25) is 10.1 Å². The molecule has 0 aliphatic rings. The van der Waals surface area contributed by atoms with Gasteiger partial charge in [-0.15, -0.1) is 11.3 Å². The summed E-state index contributed by atoms with van der Waals surface area (Å²) in [6.45, 7) is 4.33. The van der Waals surface area contributed by atoms with E-state index < -0.39 is 0 Å². The first-order chi connectivity index (χ1) is 14.1. The second kappa shape index (κ2) is 8.76. The lowest BCUT2D eigenvalue weighted by atomic mass is 9.98. The number of rotatable bonds is 7. The first-order valence-electron chi connectivity index (χ1n) is 9.58. The van der Waals surface area contributed by atoms with Crippen molar-refractivity contribution in [3.63, 3.8) is 0 Å². The van der Waals surface area contributed by atoms with Crippen LogP contribution in [-0.4, -0.2) is 26.2 Å². The van der Waals surface area contributed by atoms with Crippen molar-refractivity contribution in [1.29, 1.82) is 0 Å². The molecule has 0 fully saturated rings. The molecule has 0 amide bonds. The molecule has 0 aliphatic heterocycles. The van der Waals surface area contributed by atoms with E-state index in [-0.39, 0.29) is 0 Å². The van der Waals surface area contributed by atoms with Crippen molar-refractivity contribution < 1.29 is 0 Å². The van der Waals surface area contributed by atoms with Gasteiger partial charge >= 0.3 is 0 Å². The van der Waals surface area contributed by atoms with Crippen LogP contribution >= 0.6 is 22.9 Å². The Kier molecular flexibility index (Phi) is 5.92. The highest BCUT2D eigenvalue weighted by Crippen LogP contribution is 2.34. The maximum absolute atomic E-state index is 6.07. The molecule has 148 valence electrons. The first-order valence-corrected chi connectivity index (χ1v) is 10.8. The van der Waals surface area contributed by atoms with Gasteiger partial charge in [-0.05, 0) is 43.2 Å². The summed E-state index contributed by atoms with van der Waals surface area (Å²) >= 11 is 7.71. The fourth-order valence-electron chi connectivity index (χ4n) is 3.10. The summed E-state index contributed by atoms with van der Waals surface area (Å²) in [5, 5.41) is 15.1. The first kappa shape index (κ1) is 19.6. The molecule has 3 heterocycles. The van der Waals surface area contributed by atoms with Crippen LogP contribution in [0.25, 0.3) is 22.4 Å². The number of thiazole rings is 1. The van der Waals surface area contributed by atoms with Crippen molar-refractivity contribution in [2.24, 2.45) is 0 Å². The van der Waals surface area contributed by atoms with E-state index in [0.29, 0.717) is 17.5 Å².